The van der Waals surface area contributed by atoms with Crippen molar-refractivity contribution in [3.05, 3.63) is 33.6 Å². The molecule has 0 spiro atoms. The van der Waals surface area contributed by atoms with E-state index in [2.05, 4.69) is 33.4 Å². The van der Waals surface area contributed by atoms with E-state index in [1.165, 1.54) is 15.0 Å². The predicted octanol–water partition coefficient (Wildman–Crippen LogP) is 2.76. The van der Waals surface area contributed by atoms with Crippen molar-refractivity contribution >= 4 is 37.4 Å². The fourth-order valence-corrected chi connectivity index (χ4v) is 3.70. The monoisotopic (exact) mass is 329 g/mol. The Morgan fingerprint density at radius 3 is 2.89 bits per heavy atom. The maximum Gasteiger partial charge on any atom is 0.0638 e. The molecule has 0 amide bonds. The summed E-state index contributed by atoms with van der Waals surface area (Å²) in [4.78, 5) is 1.24. The van der Waals surface area contributed by atoms with Gasteiger partial charge in [-0.1, -0.05) is 18.2 Å². The molecule has 98 valence electrons. The molecule has 0 aliphatic rings. The summed E-state index contributed by atoms with van der Waals surface area (Å²) in [6.07, 6.45) is 0. The van der Waals surface area contributed by atoms with Crippen molar-refractivity contribution in [1.82, 2.24) is 5.32 Å². The second-order valence-electron chi connectivity index (χ2n) is 4.05. The Balaban J connectivity index is 2.09. The molecule has 3 nitrogen and oxygen atoms in total. The van der Waals surface area contributed by atoms with Gasteiger partial charge in [-0.05, 0) is 22.0 Å². The van der Waals surface area contributed by atoms with Gasteiger partial charge in [0.05, 0.1) is 19.3 Å². The highest BCUT2D eigenvalue weighted by Gasteiger charge is 2.11. The molecule has 2 rings (SSSR count). The first-order valence-electron chi connectivity index (χ1n) is 5.75. The van der Waals surface area contributed by atoms with E-state index < -0.39 is 0 Å². The summed E-state index contributed by atoms with van der Waals surface area (Å²) in [6.45, 7) is 1.32. The smallest absolute Gasteiger partial charge is 0.0638 e. The molecule has 1 aromatic heterocycles. The summed E-state index contributed by atoms with van der Waals surface area (Å²) in [5.74, 6) is 0. The van der Waals surface area contributed by atoms with Crippen LogP contribution in [0.4, 0.5) is 0 Å². The summed E-state index contributed by atoms with van der Waals surface area (Å²) < 4.78 is 7.46. The van der Waals surface area contributed by atoms with Crippen molar-refractivity contribution in [3.63, 3.8) is 0 Å². The maximum atomic E-state index is 9.19. The van der Waals surface area contributed by atoms with Crippen LogP contribution in [0.5, 0.6) is 0 Å². The van der Waals surface area contributed by atoms with Gasteiger partial charge in [0.2, 0.25) is 0 Å². The van der Waals surface area contributed by atoms with Crippen LogP contribution in [0.2, 0.25) is 0 Å². The van der Waals surface area contributed by atoms with Crippen molar-refractivity contribution in [2.24, 2.45) is 0 Å². The Kier molecular flexibility index (Phi) is 5.14. The number of hydrogen-bond acceptors (Lipinski definition) is 4. The number of halogens is 1. The van der Waals surface area contributed by atoms with Gasteiger partial charge in [0.1, 0.15) is 0 Å². The molecule has 0 radical (unpaired) electrons. The Morgan fingerprint density at radius 2 is 2.22 bits per heavy atom. The van der Waals surface area contributed by atoms with Crippen LogP contribution in [0.15, 0.2) is 28.7 Å². The highest BCUT2D eigenvalue weighted by atomic mass is 79.9. The number of rotatable bonds is 6. The number of nitrogens with one attached hydrogen (secondary N) is 1. The van der Waals surface area contributed by atoms with Crippen molar-refractivity contribution in [1.29, 1.82) is 0 Å². The van der Waals surface area contributed by atoms with Crippen LogP contribution in [0.25, 0.3) is 10.1 Å². The van der Waals surface area contributed by atoms with E-state index in [9.17, 15) is 5.11 Å². The Morgan fingerprint density at radius 1 is 1.44 bits per heavy atom. The molecule has 0 bridgehead atoms. The fraction of sp³-hybridized carbons (Fsp3) is 0.385. The van der Waals surface area contributed by atoms with E-state index in [-0.39, 0.29) is 12.6 Å². The lowest BCUT2D eigenvalue weighted by atomic mass is 10.2. The quantitative estimate of drug-likeness (QED) is 0.856. The van der Waals surface area contributed by atoms with Gasteiger partial charge >= 0.3 is 0 Å². The van der Waals surface area contributed by atoms with Gasteiger partial charge in [-0.15, -0.1) is 11.3 Å². The minimum Gasteiger partial charge on any atom is -0.395 e. The van der Waals surface area contributed by atoms with Crippen molar-refractivity contribution in [2.75, 3.05) is 20.3 Å². The molecule has 5 heteroatoms. The number of aliphatic hydroxyl groups excluding tert-OH is 1. The third-order valence-corrected chi connectivity index (χ3v) is 5.08. The van der Waals surface area contributed by atoms with Crippen LogP contribution in [0.3, 0.4) is 0 Å². The Hall–Kier alpha value is -0.460. The number of thiophene rings is 1. The molecule has 2 N–H and O–H groups in total. The largest absolute Gasteiger partial charge is 0.395 e. The van der Waals surface area contributed by atoms with Gasteiger partial charge in [0.15, 0.2) is 0 Å². The first-order chi connectivity index (χ1) is 8.76. The predicted molar refractivity (Wildman–Crippen MR) is 79.1 cm³/mol. The minimum atomic E-state index is -0.0212. The van der Waals surface area contributed by atoms with Crippen LogP contribution in [0, 0.1) is 0 Å². The van der Waals surface area contributed by atoms with Crippen LogP contribution in [-0.4, -0.2) is 31.5 Å². The molecular weight excluding hydrogens is 314 g/mol. The zero-order valence-electron chi connectivity index (χ0n) is 10.1. The van der Waals surface area contributed by atoms with Gasteiger partial charge < -0.3 is 15.2 Å². The lowest BCUT2D eigenvalue weighted by Gasteiger charge is -2.14. The third-order valence-electron chi connectivity index (χ3n) is 2.74. The molecule has 0 saturated carbocycles. The number of benzene rings is 1. The van der Waals surface area contributed by atoms with Gasteiger partial charge in [-0.25, -0.2) is 0 Å². The minimum absolute atomic E-state index is 0.0212. The Bertz CT molecular complexity index is 515. The van der Waals surface area contributed by atoms with Gasteiger partial charge in [0, 0.05) is 33.1 Å². The van der Waals surface area contributed by atoms with E-state index >= 15 is 0 Å². The van der Waals surface area contributed by atoms with E-state index in [0.29, 0.717) is 6.61 Å². The van der Waals surface area contributed by atoms with Crippen molar-refractivity contribution in [3.8, 4) is 0 Å². The summed E-state index contributed by atoms with van der Waals surface area (Å²) >= 11 is 5.40. The first kappa shape index (κ1) is 14.0. The normalized spacial score (nSPS) is 13.1. The fourth-order valence-electron chi connectivity index (χ4n) is 1.79. The topological polar surface area (TPSA) is 41.5 Å². The molecule has 2 aromatic rings. The van der Waals surface area contributed by atoms with E-state index in [1.807, 2.05) is 12.1 Å². The van der Waals surface area contributed by atoms with E-state index in [0.717, 1.165) is 11.0 Å². The highest BCUT2D eigenvalue weighted by molar-refractivity contribution is 9.10. The van der Waals surface area contributed by atoms with Gasteiger partial charge in [-0.2, -0.15) is 0 Å². The number of aliphatic hydroxyl groups is 1. The van der Waals surface area contributed by atoms with Crippen LogP contribution >= 0.6 is 27.3 Å². The highest BCUT2D eigenvalue weighted by Crippen LogP contribution is 2.35. The summed E-state index contributed by atoms with van der Waals surface area (Å²) in [5, 5.41) is 13.7. The first-order valence-corrected chi connectivity index (χ1v) is 7.36. The summed E-state index contributed by atoms with van der Waals surface area (Å²) in [6, 6.07) is 8.29. The standard InChI is InChI=1S/C13H16BrNO2S/c1-17-8-9(7-16)15-6-12-13(14)10-4-2-3-5-11(10)18-12/h2-5,9,15-16H,6-8H2,1H3. The second-order valence-corrected chi connectivity index (χ2v) is 5.98. The molecule has 1 aromatic carbocycles. The van der Waals surface area contributed by atoms with Crippen LogP contribution in [-0.2, 0) is 11.3 Å². The molecular formula is C13H16BrNO2S. The SMILES string of the molecule is COCC(CO)NCc1sc2ccccc2c1Br. The molecule has 1 unspecified atom stereocenters. The zero-order chi connectivity index (χ0) is 13.0. The summed E-state index contributed by atoms with van der Waals surface area (Å²) in [7, 11) is 1.64. The Labute approximate surface area is 119 Å². The van der Waals surface area contributed by atoms with Crippen molar-refractivity contribution in [2.45, 2.75) is 12.6 Å². The number of ether oxygens (including phenoxy) is 1. The van der Waals surface area contributed by atoms with Gasteiger partial charge in [0.25, 0.3) is 0 Å². The second kappa shape index (κ2) is 6.63. The molecule has 0 fully saturated rings. The van der Waals surface area contributed by atoms with Crippen molar-refractivity contribution < 1.29 is 9.84 Å². The van der Waals surface area contributed by atoms with Gasteiger partial charge in [-0.3, -0.25) is 0 Å². The van der Waals surface area contributed by atoms with Crippen LogP contribution in [0.1, 0.15) is 4.88 Å². The zero-order valence-corrected chi connectivity index (χ0v) is 12.6. The lowest BCUT2D eigenvalue weighted by molar-refractivity contribution is 0.128. The molecule has 1 heterocycles. The molecule has 0 saturated heterocycles. The average molecular weight is 330 g/mol. The molecule has 18 heavy (non-hydrogen) atoms. The van der Waals surface area contributed by atoms with Crippen LogP contribution < -0.4 is 5.32 Å². The molecule has 0 aliphatic heterocycles. The maximum absolute atomic E-state index is 9.19. The summed E-state index contributed by atoms with van der Waals surface area (Å²) in [5.41, 5.74) is 0. The number of fused-ring (bicyclic) bond motifs is 1. The average Bonchev–Trinajstić information content (AvgIpc) is 2.72. The van der Waals surface area contributed by atoms with E-state index in [4.69, 9.17) is 4.74 Å². The number of methoxy groups -OCH3 is 1. The van der Waals surface area contributed by atoms with E-state index in [1.54, 1.807) is 18.4 Å². The number of hydrogen-bond donors (Lipinski definition) is 2. The third kappa shape index (κ3) is 3.10. The molecule has 0 aliphatic carbocycles. The molecule has 1 atom stereocenters. The lowest BCUT2D eigenvalue weighted by Crippen LogP contribution is -2.35.